The van der Waals surface area contributed by atoms with Crippen LogP contribution >= 0.6 is 11.8 Å². The van der Waals surface area contributed by atoms with Crippen molar-refractivity contribution in [2.24, 2.45) is 16.8 Å². The minimum absolute atomic E-state index is 0.466. The molecular formula is C18H27NS. The fourth-order valence-corrected chi connectivity index (χ4v) is 5.64. The molecule has 1 aliphatic heterocycles. The van der Waals surface area contributed by atoms with Crippen molar-refractivity contribution in [3.63, 3.8) is 0 Å². The largest absolute Gasteiger partial charge is 0.293 e. The molecule has 3 rings (SSSR count). The van der Waals surface area contributed by atoms with Gasteiger partial charge in [0.1, 0.15) is 0 Å². The van der Waals surface area contributed by atoms with E-state index in [4.69, 9.17) is 4.99 Å². The SMILES string of the molecule is C=C1SC2=C(CCC2)C1C(CC1CCCCC1)N=CC. The zero-order chi connectivity index (χ0) is 13.9. The van der Waals surface area contributed by atoms with Crippen LogP contribution in [0.1, 0.15) is 64.7 Å². The molecule has 2 atom stereocenters. The third-order valence-electron chi connectivity index (χ3n) is 5.21. The van der Waals surface area contributed by atoms with Crippen molar-refractivity contribution in [3.05, 3.63) is 22.0 Å². The first-order chi connectivity index (χ1) is 9.79. The molecule has 20 heavy (non-hydrogen) atoms. The maximum atomic E-state index is 4.88. The Balaban J connectivity index is 1.74. The molecule has 0 radical (unpaired) electrons. The van der Waals surface area contributed by atoms with Crippen LogP contribution in [0.25, 0.3) is 0 Å². The smallest absolute Gasteiger partial charge is 0.0609 e. The van der Waals surface area contributed by atoms with E-state index < -0.39 is 0 Å². The van der Waals surface area contributed by atoms with Gasteiger partial charge in [0.15, 0.2) is 0 Å². The number of hydrogen-bond acceptors (Lipinski definition) is 2. The Kier molecular flexibility index (Phi) is 4.70. The molecule has 1 saturated carbocycles. The Labute approximate surface area is 128 Å². The zero-order valence-electron chi connectivity index (χ0n) is 12.7. The molecule has 110 valence electrons. The van der Waals surface area contributed by atoms with E-state index in [0.717, 1.165) is 5.92 Å². The molecule has 2 aliphatic carbocycles. The van der Waals surface area contributed by atoms with E-state index >= 15 is 0 Å². The summed E-state index contributed by atoms with van der Waals surface area (Å²) in [4.78, 5) is 7.89. The van der Waals surface area contributed by atoms with Crippen molar-refractivity contribution in [1.82, 2.24) is 0 Å². The van der Waals surface area contributed by atoms with E-state index in [1.165, 1.54) is 62.7 Å². The van der Waals surface area contributed by atoms with Gasteiger partial charge in [-0.25, -0.2) is 0 Å². The zero-order valence-corrected chi connectivity index (χ0v) is 13.6. The van der Waals surface area contributed by atoms with Gasteiger partial charge in [-0.3, -0.25) is 4.99 Å². The molecule has 1 heterocycles. The topological polar surface area (TPSA) is 12.4 Å². The molecule has 0 aromatic carbocycles. The van der Waals surface area contributed by atoms with Crippen molar-refractivity contribution in [3.8, 4) is 0 Å². The second-order valence-corrected chi connectivity index (χ2v) is 7.78. The Morgan fingerprint density at radius 2 is 2.05 bits per heavy atom. The lowest BCUT2D eigenvalue weighted by atomic mass is 9.80. The first-order valence-electron chi connectivity index (χ1n) is 8.36. The lowest BCUT2D eigenvalue weighted by Crippen LogP contribution is -2.24. The number of aliphatic imine (C=N–C) groups is 1. The lowest BCUT2D eigenvalue weighted by molar-refractivity contribution is 0.304. The number of hydrogen-bond donors (Lipinski definition) is 0. The monoisotopic (exact) mass is 289 g/mol. The maximum Gasteiger partial charge on any atom is 0.0609 e. The van der Waals surface area contributed by atoms with Gasteiger partial charge in [0.2, 0.25) is 0 Å². The summed E-state index contributed by atoms with van der Waals surface area (Å²) in [6.07, 6.45) is 14.4. The fraction of sp³-hybridized carbons (Fsp3) is 0.722. The highest BCUT2D eigenvalue weighted by atomic mass is 32.2. The van der Waals surface area contributed by atoms with Gasteiger partial charge in [-0.1, -0.05) is 56.0 Å². The number of thioether (sulfide) groups is 1. The molecule has 0 spiro atoms. The molecule has 0 N–H and O–H groups in total. The van der Waals surface area contributed by atoms with Crippen molar-refractivity contribution in [2.75, 3.05) is 0 Å². The van der Waals surface area contributed by atoms with Crippen LogP contribution in [-0.4, -0.2) is 12.3 Å². The lowest BCUT2D eigenvalue weighted by Gasteiger charge is -2.29. The van der Waals surface area contributed by atoms with E-state index in [2.05, 4.69) is 13.5 Å². The summed E-state index contributed by atoms with van der Waals surface area (Å²) >= 11 is 1.97. The second kappa shape index (κ2) is 6.51. The van der Waals surface area contributed by atoms with Gasteiger partial charge in [-0.15, -0.1) is 0 Å². The third-order valence-corrected chi connectivity index (χ3v) is 6.44. The molecule has 1 fully saturated rings. The summed E-state index contributed by atoms with van der Waals surface area (Å²) in [6, 6.07) is 0.466. The summed E-state index contributed by atoms with van der Waals surface area (Å²) in [5.74, 6) is 1.46. The van der Waals surface area contributed by atoms with Crippen molar-refractivity contribution in [1.29, 1.82) is 0 Å². The minimum Gasteiger partial charge on any atom is -0.293 e. The van der Waals surface area contributed by atoms with Crippen LogP contribution < -0.4 is 0 Å². The molecule has 0 aromatic rings. The summed E-state index contributed by atoms with van der Waals surface area (Å²) in [6.45, 7) is 6.43. The van der Waals surface area contributed by atoms with Crippen LogP contribution in [0.4, 0.5) is 0 Å². The predicted octanol–water partition coefficient (Wildman–Crippen LogP) is 5.73. The molecule has 2 unspecified atom stereocenters. The molecule has 3 aliphatic rings. The minimum atomic E-state index is 0.466. The van der Waals surface area contributed by atoms with Crippen LogP contribution in [0.5, 0.6) is 0 Å². The van der Waals surface area contributed by atoms with E-state index in [0.29, 0.717) is 12.0 Å². The average Bonchev–Trinajstić information content (AvgIpc) is 2.99. The molecule has 0 aromatic heterocycles. The van der Waals surface area contributed by atoms with Crippen molar-refractivity contribution >= 4 is 18.0 Å². The van der Waals surface area contributed by atoms with Gasteiger partial charge in [-0.05, 0) is 54.5 Å². The highest BCUT2D eigenvalue weighted by Crippen LogP contribution is 2.54. The van der Waals surface area contributed by atoms with Gasteiger partial charge in [0, 0.05) is 5.92 Å². The number of allylic oxidation sites excluding steroid dienone is 1. The van der Waals surface area contributed by atoms with E-state index in [-0.39, 0.29) is 0 Å². The standard InChI is InChI=1S/C18H27NS/c1-3-19-16(12-14-8-5-4-6-9-14)18-13(2)20-17-11-7-10-15(17)18/h3,14,16,18H,2,4-12H2,1H3. The Hall–Kier alpha value is -0.500. The highest BCUT2D eigenvalue weighted by Gasteiger charge is 2.38. The Morgan fingerprint density at radius 3 is 2.80 bits per heavy atom. The Bertz CT molecular complexity index is 429. The first-order valence-corrected chi connectivity index (χ1v) is 9.17. The Morgan fingerprint density at radius 1 is 1.25 bits per heavy atom. The van der Waals surface area contributed by atoms with Crippen LogP contribution in [0.3, 0.4) is 0 Å². The normalized spacial score (nSPS) is 29.4. The second-order valence-electron chi connectivity index (χ2n) is 6.56. The molecule has 1 nitrogen and oxygen atoms in total. The number of rotatable bonds is 4. The summed E-state index contributed by atoms with van der Waals surface area (Å²) in [5, 5.41) is 0. The molecule has 2 heteroatoms. The molecule has 0 saturated heterocycles. The number of nitrogens with zero attached hydrogens (tertiary/aromatic N) is 1. The highest BCUT2D eigenvalue weighted by molar-refractivity contribution is 8.07. The fourth-order valence-electron chi connectivity index (χ4n) is 4.29. The maximum absolute atomic E-state index is 4.88. The quantitative estimate of drug-likeness (QED) is 0.602. The average molecular weight is 289 g/mol. The van der Waals surface area contributed by atoms with Crippen LogP contribution in [0.15, 0.2) is 27.0 Å². The van der Waals surface area contributed by atoms with E-state index in [1.807, 2.05) is 18.0 Å². The van der Waals surface area contributed by atoms with Gasteiger partial charge < -0.3 is 0 Å². The van der Waals surface area contributed by atoms with Crippen LogP contribution in [-0.2, 0) is 0 Å². The van der Waals surface area contributed by atoms with E-state index in [9.17, 15) is 0 Å². The summed E-state index contributed by atoms with van der Waals surface area (Å²) in [7, 11) is 0. The van der Waals surface area contributed by atoms with Crippen LogP contribution in [0.2, 0.25) is 0 Å². The van der Waals surface area contributed by atoms with Gasteiger partial charge >= 0.3 is 0 Å². The van der Waals surface area contributed by atoms with Crippen LogP contribution in [0, 0.1) is 11.8 Å². The molecular weight excluding hydrogens is 262 g/mol. The third kappa shape index (κ3) is 2.90. The summed E-state index contributed by atoms with van der Waals surface area (Å²) < 4.78 is 0. The van der Waals surface area contributed by atoms with Crippen molar-refractivity contribution in [2.45, 2.75) is 70.8 Å². The van der Waals surface area contributed by atoms with Crippen molar-refractivity contribution < 1.29 is 0 Å². The van der Waals surface area contributed by atoms with Gasteiger partial charge in [-0.2, -0.15) is 0 Å². The van der Waals surface area contributed by atoms with Gasteiger partial charge in [0.25, 0.3) is 0 Å². The predicted molar refractivity (Wildman–Crippen MR) is 90.2 cm³/mol. The van der Waals surface area contributed by atoms with Gasteiger partial charge in [0.05, 0.1) is 6.04 Å². The molecule has 0 bridgehead atoms. The van der Waals surface area contributed by atoms with E-state index in [1.54, 1.807) is 10.5 Å². The first kappa shape index (κ1) is 14.4. The molecule has 0 amide bonds. The summed E-state index contributed by atoms with van der Waals surface area (Å²) in [5.41, 5.74) is 1.70.